The van der Waals surface area contributed by atoms with Crippen LogP contribution in [0.25, 0.3) is 21.7 Å². The molecule has 0 saturated heterocycles. The van der Waals surface area contributed by atoms with Crippen LogP contribution in [-0.2, 0) is 10.1 Å². The van der Waals surface area contributed by atoms with Crippen LogP contribution >= 0.6 is 11.3 Å². The first-order valence-electron chi connectivity index (χ1n) is 11.5. The van der Waals surface area contributed by atoms with E-state index in [1.54, 1.807) is 42.5 Å². The topological polar surface area (TPSA) is 80.7 Å². The van der Waals surface area contributed by atoms with E-state index in [1.165, 1.54) is 35.2 Å². The van der Waals surface area contributed by atoms with Crippen molar-refractivity contribution in [3.8, 4) is 27.4 Å². The zero-order valence-electron chi connectivity index (χ0n) is 19.9. The van der Waals surface area contributed by atoms with Crippen LogP contribution in [0, 0.1) is 6.92 Å². The van der Waals surface area contributed by atoms with Gasteiger partial charge in [-0.3, -0.25) is 5.43 Å². The summed E-state index contributed by atoms with van der Waals surface area (Å²) in [6, 6.07) is 33.2. The molecule has 5 rings (SSSR count). The molecule has 184 valence electrons. The summed E-state index contributed by atoms with van der Waals surface area (Å²) in [6.07, 6.45) is 1.52. The largest absolute Gasteiger partial charge is 0.378 e. The van der Waals surface area contributed by atoms with Crippen LogP contribution in [-0.4, -0.2) is 19.6 Å². The summed E-state index contributed by atoms with van der Waals surface area (Å²) in [4.78, 5) is 5.92. The number of aryl methyl sites for hydroxylation is 1. The van der Waals surface area contributed by atoms with Gasteiger partial charge in [0, 0.05) is 11.1 Å². The molecule has 37 heavy (non-hydrogen) atoms. The van der Waals surface area contributed by atoms with Gasteiger partial charge in [0.15, 0.2) is 5.75 Å². The normalized spacial score (nSPS) is 11.5. The van der Waals surface area contributed by atoms with Crippen LogP contribution < -0.4 is 9.61 Å². The van der Waals surface area contributed by atoms with Gasteiger partial charge in [0.1, 0.15) is 4.90 Å². The summed E-state index contributed by atoms with van der Waals surface area (Å²) < 4.78 is 30.8. The van der Waals surface area contributed by atoms with Gasteiger partial charge in [-0.15, -0.1) is 0 Å². The maximum absolute atomic E-state index is 12.7. The Morgan fingerprint density at radius 3 is 2.19 bits per heavy atom. The third-order valence-corrected chi connectivity index (χ3v) is 7.76. The minimum absolute atomic E-state index is 0.0831. The quantitative estimate of drug-likeness (QED) is 0.134. The molecule has 0 radical (unpaired) electrons. The SMILES string of the molecule is Cc1ccc(-c2nc(N/N=C\c3ccccc3OS(=O)(=O)c3ccccc3)sc2-c2ccccc2)cc1. The fourth-order valence-electron chi connectivity index (χ4n) is 3.63. The summed E-state index contributed by atoms with van der Waals surface area (Å²) in [5.41, 5.74) is 7.64. The second-order valence-electron chi connectivity index (χ2n) is 8.19. The molecule has 1 N–H and O–H groups in total. The predicted octanol–water partition coefficient (Wildman–Crippen LogP) is 7.00. The van der Waals surface area contributed by atoms with E-state index in [9.17, 15) is 8.42 Å². The fraction of sp³-hybridized carbons (Fsp3) is 0.0345. The highest BCUT2D eigenvalue weighted by Gasteiger charge is 2.18. The maximum Gasteiger partial charge on any atom is 0.339 e. The number of hydrogen-bond donors (Lipinski definition) is 1. The highest BCUT2D eigenvalue weighted by Crippen LogP contribution is 2.39. The van der Waals surface area contributed by atoms with Gasteiger partial charge in [-0.05, 0) is 36.8 Å². The predicted molar refractivity (Wildman–Crippen MR) is 150 cm³/mol. The second kappa shape index (κ2) is 10.8. The summed E-state index contributed by atoms with van der Waals surface area (Å²) >= 11 is 1.50. The lowest BCUT2D eigenvalue weighted by Crippen LogP contribution is -2.10. The zero-order chi connectivity index (χ0) is 25.7. The molecule has 0 bridgehead atoms. The molecule has 0 aliphatic carbocycles. The minimum atomic E-state index is -3.97. The van der Waals surface area contributed by atoms with E-state index in [0.29, 0.717) is 10.7 Å². The molecular weight excluding hydrogens is 502 g/mol. The van der Waals surface area contributed by atoms with Gasteiger partial charge in [0.05, 0.1) is 16.8 Å². The lowest BCUT2D eigenvalue weighted by molar-refractivity contribution is 0.485. The summed E-state index contributed by atoms with van der Waals surface area (Å²) in [6.45, 7) is 2.05. The van der Waals surface area contributed by atoms with Crippen molar-refractivity contribution in [1.82, 2.24) is 4.98 Å². The lowest BCUT2D eigenvalue weighted by atomic mass is 10.1. The molecule has 0 aliphatic heterocycles. The summed E-state index contributed by atoms with van der Waals surface area (Å²) in [5, 5.41) is 4.94. The van der Waals surface area contributed by atoms with E-state index >= 15 is 0 Å². The van der Waals surface area contributed by atoms with Crippen molar-refractivity contribution in [2.75, 3.05) is 5.43 Å². The maximum atomic E-state index is 12.7. The van der Waals surface area contributed by atoms with Crippen molar-refractivity contribution >= 4 is 32.8 Å². The molecule has 0 fully saturated rings. The lowest BCUT2D eigenvalue weighted by Gasteiger charge is -2.09. The number of rotatable bonds is 8. The molecule has 4 aromatic carbocycles. The Hall–Kier alpha value is -4.27. The molecule has 0 amide bonds. The first-order valence-corrected chi connectivity index (χ1v) is 13.7. The van der Waals surface area contributed by atoms with Crippen molar-refractivity contribution in [3.63, 3.8) is 0 Å². The minimum Gasteiger partial charge on any atom is -0.378 e. The van der Waals surface area contributed by atoms with E-state index in [-0.39, 0.29) is 10.6 Å². The number of anilines is 1. The highest BCUT2D eigenvalue weighted by atomic mass is 32.2. The number of nitrogens with zero attached hydrogens (tertiary/aromatic N) is 2. The van der Waals surface area contributed by atoms with E-state index in [1.807, 2.05) is 18.2 Å². The van der Waals surface area contributed by atoms with E-state index in [2.05, 4.69) is 53.8 Å². The molecule has 1 heterocycles. The molecule has 0 unspecified atom stereocenters. The third-order valence-electron chi connectivity index (χ3n) is 5.50. The van der Waals surface area contributed by atoms with Crippen LogP contribution in [0.15, 0.2) is 119 Å². The van der Waals surface area contributed by atoms with Gasteiger partial charge in [0.25, 0.3) is 0 Å². The van der Waals surface area contributed by atoms with Gasteiger partial charge in [-0.25, -0.2) is 4.98 Å². The van der Waals surface area contributed by atoms with E-state index in [0.717, 1.165) is 21.7 Å². The van der Waals surface area contributed by atoms with Crippen LogP contribution in [0.4, 0.5) is 5.13 Å². The molecule has 6 nitrogen and oxygen atoms in total. The molecule has 0 aliphatic rings. The van der Waals surface area contributed by atoms with Crippen molar-refractivity contribution in [3.05, 3.63) is 120 Å². The number of hydrogen-bond acceptors (Lipinski definition) is 7. The number of nitrogens with one attached hydrogen (secondary N) is 1. The Balaban J connectivity index is 1.41. The number of thiazole rings is 1. The Morgan fingerprint density at radius 1 is 0.811 bits per heavy atom. The fourth-order valence-corrected chi connectivity index (χ4v) is 5.55. The van der Waals surface area contributed by atoms with E-state index < -0.39 is 10.1 Å². The monoisotopic (exact) mass is 525 g/mol. The highest BCUT2D eigenvalue weighted by molar-refractivity contribution is 7.87. The standard InChI is InChI=1S/C29H23N3O3S2/c1-21-16-18-22(19-17-21)27-28(23-10-4-2-5-11-23)36-29(31-27)32-30-20-24-12-8-9-15-26(24)35-37(33,34)25-13-6-3-7-14-25/h2-20H,1H3,(H,31,32)/b30-20-. The molecule has 0 spiro atoms. The molecule has 5 aromatic rings. The van der Waals surface area contributed by atoms with E-state index in [4.69, 9.17) is 9.17 Å². The average Bonchev–Trinajstić information content (AvgIpc) is 3.35. The molecule has 1 aromatic heterocycles. The first kappa shape index (κ1) is 24.4. The van der Waals surface area contributed by atoms with Crippen molar-refractivity contribution in [2.24, 2.45) is 5.10 Å². The van der Waals surface area contributed by atoms with Crippen LogP contribution in [0.1, 0.15) is 11.1 Å². The van der Waals surface area contributed by atoms with Crippen LogP contribution in [0.3, 0.4) is 0 Å². The Labute approximate surface area is 220 Å². The van der Waals surface area contributed by atoms with Crippen molar-refractivity contribution < 1.29 is 12.6 Å². The Morgan fingerprint density at radius 2 is 1.46 bits per heavy atom. The Bertz CT molecular complexity index is 1630. The van der Waals surface area contributed by atoms with Crippen molar-refractivity contribution in [2.45, 2.75) is 11.8 Å². The van der Waals surface area contributed by atoms with Gasteiger partial charge < -0.3 is 4.18 Å². The molecule has 0 atom stereocenters. The second-order valence-corrected chi connectivity index (χ2v) is 10.7. The van der Waals surface area contributed by atoms with Gasteiger partial charge in [-0.1, -0.05) is 102 Å². The average molecular weight is 526 g/mol. The number of benzene rings is 4. The van der Waals surface area contributed by atoms with Crippen LogP contribution in [0.2, 0.25) is 0 Å². The Kier molecular flexibility index (Phi) is 7.11. The number of aromatic nitrogens is 1. The zero-order valence-corrected chi connectivity index (χ0v) is 21.5. The van der Waals surface area contributed by atoms with Crippen LogP contribution in [0.5, 0.6) is 5.75 Å². The smallest absolute Gasteiger partial charge is 0.339 e. The van der Waals surface area contributed by atoms with Crippen molar-refractivity contribution in [1.29, 1.82) is 0 Å². The van der Waals surface area contributed by atoms with Gasteiger partial charge in [-0.2, -0.15) is 13.5 Å². The molecule has 0 saturated carbocycles. The number of para-hydroxylation sites is 1. The molecular formula is C29H23N3O3S2. The van der Waals surface area contributed by atoms with Gasteiger partial charge in [0.2, 0.25) is 5.13 Å². The molecule has 8 heteroatoms. The number of hydrazone groups is 1. The first-order chi connectivity index (χ1) is 18.0. The van der Waals surface area contributed by atoms with Gasteiger partial charge >= 0.3 is 10.1 Å². The summed E-state index contributed by atoms with van der Waals surface area (Å²) in [5.74, 6) is 0.182. The third kappa shape index (κ3) is 5.77. The summed E-state index contributed by atoms with van der Waals surface area (Å²) in [7, 11) is -3.97.